The molecule has 33 heavy (non-hydrogen) atoms. The molecule has 3 heterocycles. The van der Waals surface area contributed by atoms with Gasteiger partial charge in [-0.1, -0.05) is 11.6 Å². The van der Waals surface area contributed by atoms with Gasteiger partial charge >= 0.3 is 6.01 Å². The SMILES string of the molecule is Cc1cc(Oc2ncccn2)ccc1NC(=O)C1CCN(S(=O)(=O)c2cccnc2Cl)CC1. The summed E-state index contributed by atoms with van der Waals surface area (Å²) in [5.41, 5.74) is 1.49. The van der Waals surface area contributed by atoms with E-state index in [1.165, 1.54) is 22.6 Å². The summed E-state index contributed by atoms with van der Waals surface area (Å²) >= 11 is 5.97. The molecule has 172 valence electrons. The molecule has 0 radical (unpaired) electrons. The number of aromatic nitrogens is 3. The molecule has 0 aliphatic carbocycles. The molecular formula is C22H22ClN5O4S. The first-order valence-corrected chi connectivity index (χ1v) is 12.1. The number of benzene rings is 1. The van der Waals surface area contributed by atoms with Crippen LogP contribution in [0.2, 0.25) is 5.15 Å². The van der Waals surface area contributed by atoms with E-state index in [1.54, 1.807) is 36.7 Å². The zero-order valence-corrected chi connectivity index (χ0v) is 19.4. The average molecular weight is 488 g/mol. The molecule has 0 bridgehead atoms. The van der Waals surface area contributed by atoms with Gasteiger partial charge in [-0.3, -0.25) is 4.79 Å². The van der Waals surface area contributed by atoms with Crippen molar-refractivity contribution in [2.75, 3.05) is 18.4 Å². The molecule has 0 saturated carbocycles. The van der Waals surface area contributed by atoms with E-state index >= 15 is 0 Å². The number of halogens is 1. The summed E-state index contributed by atoms with van der Waals surface area (Å²) in [6, 6.07) is 10.2. The van der Waals surface area contributed by atoms with Crippen molar-refractivity contribution in [1.82, 2.24) is 19.3 Å². The molecule has 1 fully saturated rings. The van der Waals surface area contributed by atoms with Gasteiger partial charge in [-0.25, -0.2) is 23.4 Å². The Balaban J connectivity index is 1.36. The standard InChI is InChI=1S/C22H22ClN5O4S/c1-15-14-17(32-22-25-10-3-11-26-22)5-6-18(15)27-21(29)16-7-12-28(13-8-16)33(30,31)19-4-2-9-24-20(19)23/h2-6,9-11,14,16H,7-8,12-13H2,1H3,(H,27,29). The summed E-state index contributed by atoms with van der Waals surface area (Å²) in [7, 11) is -3.75. The number of anilines is 1. The van der Waals surface area contributed by atoms with Gasteiger partial charge in [-0.05, 0) is 61.7 Å². The fourth-order valence-corrected chi connectivity index (χ4v) is 5.48. The van der Waals surface area contributed by atoms with Crippen LogP contribution in [0.25, 0.3) is 0 Å². The maximum atomic E-state index is 12.9. The lowest BCUT2D eigenvalue weighted by Crippen LogP contribution is -2.41. The normalized spacial score (nSPS) is 15.2. The highest BCUT2D eigenvalue weighted by Gasteiger charge is 2.33. The number of sulfonamides is 1. The Hall–Kier alpha value is -3.08. The molecule has 2 aromatic heterocycles. The molecule has 1 amide bonds. The van der Waals surface area contributed by atoms with Crippen LogP contribution in [0.1, 0.15) is 18.4 Å². The van der Waals surface area contributed by atoms with Crippen molar-refractivity contribution in [3.05, 3.63) is 65.7 Å². The number of nitrogens with zero attached hydrogens (tertiary/aromatic N) is 4. The summed E-state index contributed by atoms with van der Waals surface area (Å²) in [5, 5.41) is 2.88. The predicted octanol–water partition coefficient (Wildman–Crippen LogP) is 3.67. The summed E-state index contributed by atoms with van der Waals surface area (Å²) in [6.45, 7) is 2.32. The van der Waals surface area contributed by atoms with Crippen LogP contribution in [-0.2, 0) is 14.8 Å². The van der Waals surface area contributed by atoms with Crippen LogP contribution in [0, 0.1) is 12.8 Å². The van der Waals surface area contributed by atoms with Crippen molar-refractivity contribution < 1.29 is 17.9 Å². The highest BCUT2D eigenvalue weighted by Crippen LogP contribution is 2.29. The molecule has 1 N–H and O–H groups in total. The van der Waals surface area contributed by atoms with E-state index in [1.807, 2.05) is 6.92 Å². The van der Waals surface area contributed by atoms with Crippen LogP contribution >= 0.6 is 11.6 Å². The number of hydrogen-bond donors (Lipinski definition) is 1. The molecule has 9 nitrogen and oxygen atoms in total. The van der Waals surface area contributed by atoms with Gasteiger partial charge in [-0.15, -0.1) is 0 Å². The minimum Gasteiger partial charge on any atom is -0.424 e. The van der Waals surface area contributed by atoms with Crippen molar-refractivity contribution in [3.63, 3.8) is 0 Å². The van der Waals surface area contributed by atoms with Gasteiger partial charge in [0.2, 0.25) is 15.9 Å². The van der Waals surface area contributed by atoms with Crippen LogP contribution in [-0.4, -0.2) is 46.7 Å². The third-order valence-electron chi connectivity index (χ3n) is 5.37. The van der Waals surface area contributed by atoms with E-state index in [0.717, 1.165) is 5.56 Å². The number of piperidine rings is 1. The second-order valence-corrected chi connectivity index (χ2v) is 9.83. The van der Waals surface area contributed by atoms with Gasteiger partial charge in [0.1, 0.15) is 15.8 Å². The number of amides is 1. The minimum atomic E-state index is -3.75. The number of pyridine rings is 1. The Kier molecular flexibility index (Phi) is 6.87. The third kappa shape index (κ3) is 5.29. The second kappa shape index (κ2) is 9.82. The summed E-state index contributed by atoms with van der Waals surface area (Å²) in [5.74, 6) is 0.118. The van der Waals surface area contributed by atoms with Crippen molar-refractivity contribution in [1.29, 1.82) is 0 Å². The maximum Gasteiger partial charge on any atom is 0.321 e. The lowest BCUT2D eigenvalue weighted by Gasteiger charge is -2.30. The lowest BCUT2D eigenvalue weighted by atomic mass is 9.97. The van der Waals surface area contributed by atoms with Crippen LogP contribution in [0.5, 0.6) is 11.8 Å². The van der Waals surface area contributed by atoms with E-state index in [2.05, 4.69) is 20.3 Å². The van der Waals surface area contributed by atoms with Gasteiger partial charge in [0.05, 0.1) is 0 Å². The molecule has 0 atom stereocenters. The number of hydrogen-bond acceptors (Lipinski definition) is 7. The molecule has 0 spiro atoms. The Morgan fingerprint density at radius 3 is 2.45 bits per heavy atom. The van der Waals surface area contributed by atoms with Crippen LogP contribution in [0.15, 0.2) is 59.9 Å². The topological polar surface area (TPSA) is 114 Å². The molecule has 4 rings (SSSR count). The van der Waals surface area contributed by atoms with Gasteiger partial charge in [0.25, 0.3) is 0 Å². The van der Waals surface area contributed by atoms with E-state index in [4.69, 9.17) is 16.3 Å². The fourth-order valence-electron chi connectivity index (χ4n) is 3.58. The van der Waals surface area contributed by atoms with E-state index in [9.17, 15) is 13.2 Å². The van der Waals surface area contributed by atoms with Gasteiger partial charge < -0.3 is 10.1 Å². The number of nitrogens with one attached hydrogen (secondary N) is 1. The van der Waals surface area contributed by atoms with E-state index in [-0.39, 0.29) is 41.0 Å². The number of carbonyl (C=O) groups excluding carboxylic acids is 1. The van der Waals surface area contributed by atoms with Crippen LogP contribution < -0.4 is 10.1 Å². The molecular weight excluding hydrogens is 466 g/mol. The van der Waals surface area contributed by atoms with Crippen molar-refractivity contribution in [3.8, 4) is 11.8 Å². The first-order chi connectivity index (χ1) is 15.8. The average Bonchev–Trinajstić information content (AvgIpc) is 2.82. The molecule has 1 aliphatic rings. The largest absolute Gasteiger partial charge is 0.424 e. The summed E-state index contributed by atoms with van der Waals surface area (Å²) < 4.78 is 32.7. The van der Waals surface area contributed by atoms with Gasteiger partial charge in [0, 0.05) is 43.3 Å². The Morgan fingerprint density at radius 1 is 1.09 bits per heavy atom. The van der Waals surface area contributed by atoms with Gasteiger partial charge in [0.15, 0.2) is 0 Å². The highest BCUT2D eigenvalue weighted by molar-refractivity contribution is 7.89. The molecule has 1 aromatic carbocycles. The quantitative estimate of drug-likeness (QED) is 0.527. The zero-order valence-electron chi connectivity index (χ0n) is 17.8. The fraction of sp³-hybridized carbons (Fsp3) is 0.273. The van der Waals surface area contributed by atoms with E-state index in [0.29, 0.717) is 24.3 Å². The number of rotatable bonds is 6. The first-order valence-electron chi connectivity index (χ1n) is 10.3. The number of ether oxygens (including phenoxy) is 1. The number of carbonyl (C=O) groups is 1. The van der Waals surface area contributed by atoms with Crippen LogP contribution in [0.4, 0.5) is 5.69 Å². The Bertz CT molecular complexity index is 1250. The van der Waals surface area contributed by atoms with Gasteiger partial charge in [-0.2, -0.15) is 4.31 Å². The predicted molar refractivity (Wildman–Crippen MR) is 123 cm³/mol. The third-order valence-corrected chi connectivity index (χ3v) is 7.72. The Labute approximate surface area is 196 Å². The zero-order chi connectivity index (χ0) is 23.4. The summed E-state index contributed by atoms with van der Waals surface area (Å²) in [6.07, 6.45) is 5.44. The monoisotopic (exact) mass is 487 g/mol. The second-order valence-electron chi connectivity index (χ2n) is 7.57. The van der Waals surface area contributed by atoms with Crippen LogP contribution in [0.3, 0.4) is 0 Å². The maximum absolute atomic E-state index is 12.9. The van der Waals surface area contributed by atoms with Crippen molar-refractivity contribution >= 4 is 33.2 Å². The van der Waals surface area contributed by atoms with E-state index < -0.39 is 10.0 Å². The smallest absolute Gasteiger partial charge is 0.321 e. The minimum absolute atomic E-state index is 0.0200. The molecule has 0 unspecified atom stereocenters. The summed E-state index contributed by atoms with van der Waals surface area (Å²) in [4.78, 5) is 24.7. The molecule has 1 saturated heterocycles. The molecule has 1 aliphatic heterocycles. The Morgan fingerprint density at radius 2 is 1.79 bits per heavy atom. The molecule has 3 aromatic rings. The first kappa shape index (κ1) is 23.1. The highest BCUT2D eigenvalue weighted by atomic mass is 35.5. The molecule has 11 heteroatoms. The lowest BCUT2D eigenvalue weighted by molar-refractivity contribution is -0.120. The van der Waals surface area contributed by atoms with Crippen molar-refractivity contribution in [2.45, 2.75) is 24.7 Å². The number of aryl methyl sites for hydroxylation is 1. The van der Waals surface area contributed by atoms with Crippen molar-refractivity contribution in [2.24, 2.45) is 5.92 Å².